The van der Waals surface area contributed by atoms with E-state index >= 15 is 0 Å². The number of rotatable bonds is 4. The number of nitrogens with zero attached hydrogens (tertiary/aromatic N) is 3. The van der Waals surface area contributed by atoms with Crippen molar-refractivity contribution in [3.8, 4) is 0 Å². The standard InChI is InChI=1S/C21H28N4O2.C2HF3O2/c1-14-11-17(24-10-8-18(13-24)25-9-4-5-16(25)3)6-7-19(14)22-21(26)20-12-15(2)23-27-20;3-2(4,5)1(6)7/h6-7,11-12,16,18H,4-5,8-10,13H2,1-3H3,(H,22,26);(H,6,7)/t16-,18-;/m0./s1. The molecule has 1 amide bonds. The summed E-state index contributed by atoms with van der Waals surface area (Å²) in [6.45, 7) is 9.61. The number of alkyl halides is 3. The predicted molar refractivity (Wildman–Crippen MR) is 120 cm³/mol. The molecule has 4 rings (SSSR count). The van der Waals surface area contributed by atoms with Gasteiger partial charge in [-0.05, 0) is 70.3 Å². The van der Waals surface area contributed by atoms with Crippen LogP contribution in [0.25, 0.3) is 0 Å². The summed E-state index contributed by atoms with van der Waals surface area (Å²) in [6, 6.07) is 9.27. The lowest BCUT2D eigenvalue weighted by atomic mass is 10.1. The van der Waals surface area contributed by atoms with E-state index in [0.717, 1.165) is 24.3 Å². The highest BCUT2D eigenvalue weighted by Crippen LogP contribution is 2.30. The summed E-state index contributed by atoms with van der Waals surface area (Å²) in [5.41, 5.74) is 3.79. The van der Waals surface area contributed by atoms with Crippen molar-refractivity contribution in [2.45, 2.75) is 58.3 Å². The maximum atomic E-state index is 12.3. The van der Waals surface area contributed by atoms with Gasteiger partial charge in [0.25, 0.3) is 5.91 Å². The van der Waals surface area contributed by atoms with Crippen LogP contribution in [0, 0.1) is 13.8 Å². The molecule has 186 valence electrons. The van der Waals surface area contributed by atoms with E-state index in [9.17, 15) is 18.0 Å². The second-order valence-corrected chi connectivity index (χ2v) is 8.71. The first-order valence-corrected chi connectivity index (χ1v) is 11.1. The van der Waals surface area contributed by atoms with Crippen LogP contribution in [0.15, 0.2) is 28.8 Å². The SMILES string of the molecule is Cc1cc(C(=O)Nc2ccc(N3CC[C@H](N4CCC[C@@H]4C)C3)cc2C)on1.O=C(O)C(F)(F)F. The van der Waals surface area contributed by atoms with Gasteiger partial charge in [-0.25, -0.2) is 4.79 Å². The molecule has 0 aliphatic carbocycles. The van der Waals surface area contributed by atoms with E-state index in [1.807, 2.05) is 13.0 Å². The minimum absolute atomic E-state index is 0.234. The number of carbonyl (C=O) groups is 2. The van der Waals surface area contributed by atoms with Gasteiger partial charge in [0.2, 0.25) is 5.76 Å². The topological polar surface area (TPSA) is 98.9 Å². The summed E-state index contributed by atoms with van der Waals surface area (Å²) >= 11 is 0. The average molecular weight is 483 g/mol. The van der Waals surface area contributed by atoms with Gasteiger partial charge in [0.15, 0.2) is 0 Å². The van der Waals surface area contributed by atoms with Crippen LogP contribution in [-0.4, -0.2) is 64.9 Å². The Morgan fingerprint density at radius 3 is 2.41 bits per heavy atom. The maximum absolute atomic E-state index is 12.3. The number of likely N-dealkylation sites (tertiary alicyclic amines) is 1. The molecule has 0 spiro atoms. The van der Waals surface area contributed by atoms with Crippen LogP contribution in [0.1, 0.15) is 48.0 Å². The fourth-order valence-corrected chi connectivity index (χ4v) is 4.38. The molecule has 0 bridgehead atoms. The number of carboxylic acids is 1. The van der Waals surface area contributed by atoms with Gasteiger partial charge in [0, 0.05) is 42.6 Å². The van der Waals surface area contributed by atoms with Crippen molar-refractivity contribution in [3.63, 3.8) is 0 Å². The lowest BCUT2D eigenvalue weighted by Gasteiger charge is -2.28. The number of aliphatic carboxylic acids is 1. The Morgan fingerprint density at radius 1 is 1.18 bits per heavy atom. The molecule has 2 aliphatic heterocycles. The van der Waals surface area contributed by atoms with E-state index < -0.39 is 12.1 Å². The zero-order valence-electron chi connectivity index (χ0n) is 19.4. The third-order valence-corrected chi connectivity index (χ3v) is 6.15. The normalized spacial score (nSPS) is 20.7. The summed E-state index contributed by atoms with van der Waals surface area (Å²) in [7, 11) is 0. The van der Waals surface area contributed by atoms with Gasteiger partial charge in [0.1, 0.15) is 0 Å². The first-order valence-electron chi connectivity index (χ1n) is 11.1. The molecule has 3 heterocycles. The highest BCUT2D eigenvalue weighted by atomic mass is 19.4. The second-order valence-electron chi connectivity index (χ2n) is 8.71. The van der Waals surface area contributed by atoms with Gasteiger partial charge in [-0.3, -0.25) is 9.69 Å². The van der Waals surface area contributed by atoms with Crippen LogP contribution in [0.4, 0.5) is 24.5 Å². The second kappa shape index (κ2) is 10.5. The third kappa shape index (κ3) is 6.28. The van der Waals surface area contributed by atoms with Crippen molar-refractivity contribution < 1.29 is 32.4 Å². The molecule has 11 heteroatoms. The monoisotopic (exact) mass is 482 g/mol. The number of aryl methyl sites for hydroxylation is 2. The minimum atomic E-state index is -5.08. The van der Waals surface area contributed by atoms with Crippen LogP contribution in [0.2, 0.25) is 0 Å². The summed E-state index contributed by atoms with van der Waals surface area (Å²) in [6.07, 6.45) is -1.20. The van der Waals surface area contributed by atoms with Crippen molar-refractivity contribution in [1.29, 1.82) is 0 Å². The third-order valence-electron chi connectivity index (χ3n) is 6.15. The Kier molecular flexibility index (Phi) is 7.86. The average Bonchev–Trinajstić information content (AvgIpc) is 3.50. The maximum Gasteiger partial charge on any atom is 0.490 e. The van der Waals surface area contributed by atoms with E-state index in [2.05, 4.69) is 39.3 Å². The number of hydrogen-bond donors (Lipinski definition) is 2. The zero-order valence-corrected chi connectivity index (χ0v) is 19.4. The van der Waals surface area contributed by atoms with Crippen LogP contribution in [0.5, 0.6) is 0 Å². The Hall–Kier alpha value is -3.08. The number of carboxylic acid groups (broad SMARTS) is 1. The molecule has 34 heavy (non-hydrogen) atoms. The number of nitrogens with one attached hydrogen (secondary N) is 1. The van der Waals surface area contributed by atoms with Crippen LogP contribution < -0.4 is 10.2 Å². The zero-order chi connectivity index (χ0) is 25.0. The molecule has 1 aromatic carbocycles. The lowest BCUT2D eigenvalue weighted by Crippen LogP contribution is -2.39. The van der Waals surface area contributed by atoms with Gasteiger partial charge in [-0.1, -0.05) is 5.16 Å². The van der Waals surface area contributed by atoms with E-state index in [-0.39, 0.29) is 11.7 Å². The van der Waals surface area contributed by atoms with Gasteiger partial charge >= 0.3 is 12.1 Å². The highest BCUT2D eigenvalue weighted by Gasteiger charge is 2.38. The molecule has 2 fully saturated rings. The molecular formula is C23H29F3N4O4. The van der Waals surface area contributed by atoms with Crippen molar-refractivity contribution in [2.75, 3.05) is 29.9 Å². The number of carbonyl (C=O) groups excluding carboxylic acids is 1. The predicted octanol–water partition coefficient (Wildman–Crippen LogP) is 4.24. The fraction of sp³-hybridized carbons (Fsp3) is 0.522. The quantitative estimate of drug-likeness (QED) is 0.673. The van der Waals surface area contributed by atoms with E-state index in [4.69, 9.17) is 14.4 Å². The number of halogens is 3. The Morgan fingerprint density at radius 2 is 1.88 bits per heavy atom. The summed E-state index contributed by atoms with van der Waals surface area (Å²) in [5.74, 6) is -2.79. The van der Waals surface area contributed by atoms with Gasteiger partial charge in [-0.2, -0.15) is 13.2 Å². The molecule has 0 saturated carbocycles. The number of hydrogen-bond acceptors (Lipinski definition) is 6. The molecule has 1 aromatic heterocycles. The van der Waals surface area contributed by atoms with Crippen molar-refractivity contribution in [1.82, 2.24) is 10.1 Å². The number of anilines is 2. The van der Waals surface area contributed by atoms with Crippen LogP contribution >= 0.6 is 0 Å². The molecule has 2 atom stereocenters. The van der Waals surface area contributed by atoms with Crippen LogP contribution in [-0.2, 0) is 4.79 Å². The van der Waals surface area contributed by atoms with E-state index in [1.54, 1.807) is 13.0 Å². The van der Waals surface area contributed by atoms with Gasteiger partial charge in [-0.15, -0.1) is 0 Å². The molecule has 0 radical (unpaired) electrons. The number of benzene rings is 1. The van der Waals surface area contributed by atoms with Crippen molar-refractivity contribution >= 4 is 23.3 Å². The molecule has 8 nitrogen and oxygen atoms in total. The first kappa shape index (κ1) is 25.5. The smallest absolute Gasteiger partial charge is 0.475 e. The first-order chi connectivity index (χ1) is 16.0. The molecule has 0 unspecified atom stereocenters. The number of aromatic nitrogens is 1. The summed E-state index contributed by atoms with van der Waals surface area (Å²) in [4.78, 5) is 26.3. The van der Waals surface area contributed by atoms with E-state index in [0.29, 0.717) is 17.8 Å². The van der Waals surface area contributed by atoms with Gasteiger partial charge in [0.05, 0.1) is 5.69 Å². The molecule has 2 aliphatic rings. The molecule has 2 N–H and O–H groups in total. The van der Waals surface area contributed by atoms with Crippen molar-refractivity contribution in [2.24, 2.45) is 0 Å². The van der Waals surface area contributed by atoms with E-state index in [1.165, 1.54) is 31.5 Å². The highest BCUT2D eigenvalue weighted by molar-refractivity contribution is 6.02. The molecular weight excluding hydrogens is 453 g/mol. The van der Waals surface area contributed by atoms with Gasteiger partial charge < -0.3 is 19.8 Å². The Labute approximate surface area is 195 Å². The minimum Gasteiger partial charge on any atom is -0.475 e. The summed E-state index contributed by atoms with van der Waals surface area (Å²) in [5, 5.41) is 13.8. The Bertz CT molecular complexity index is 1020. The lowest BCUT2D eigenvalue weighted by molar-refractivity contribution is -0.192. The summed E-state index contributed by atoms with van der Waals surface area (Å²) < 4.78 is 36.8. The fourth-order valence-electron chi connectivity index (χ4n) is 4.38. The van der Waals surface area contributed by atoms with Crippen molar-refractivity contribution in [3.05, 3.63) is 41.3 Å². The largest absolute Gasteiger partial charge is 0.490 e. The Balaban J connectivity index is 0.000000406. The number of amides is 1. The molecule has 2 aromatic rings. The van der Waals surface area contributed by atoms with Crippen LogP contribution in [0.3, 0.4) is 0 Å². The molecule has 2 saturated heterocycles.